The maximum Gasteiger partial charge on any atom is 0.260 e. The third-order valence-corrected chi connectivity index (χ3v) is 4.18. The van der Waals surface area contributed by atoms with Crippen molar-refractivity contribution >= 4 is 23.2 Å². The van der Waals surface area contributed by atoms with Crippen LogP contribution in [0.1, 0.15) is 5.56 Å². The lowest BCUT2D eigenvalue weighted by Gasteiger charge is -2.08. The van der Waals surface area contributed by atoms with Crippen LogP contribution in [-0.4, -0.2) is 31.8 Å². The number of hydrazone groups is 1. The number of phenolic OH excluding ortho intramolecular Hbond substituents is 1. The summed E-state index contributed by atoms with van der Waals surface area (Å²) in [6.07, 6.45) is 3.09. The molecular weight excluding hydrogens is 354 g/mol. The van der Waals surface area contributed by atoms with Gasteiger partial charge < -0.3 is 9.67 Å². The molecule has 0 saturated carbocycles. The summed E-state index contributed by atoms with van der Waals surface area (Å²) in [4.78, 5) is 21.4. The van der Waals surface area contributed by atoms with E-state index >= 15 is 0 Å². The first-order valence-corrected chi connectivity index (χ1v) is 8.69. The third kappa shape index (κ3) is 3.59. The molecule has 0 saturated heterocycles. The van der Waals surface area contributed by atoms with Crippen molar-refractivity contribution in [3.05, 3.63) is 78.5 Å². The third-order valence-electron chi connectivity index (χ3n) is 4.18. The minimum atomic E-state index is -0.313. The second-order valence-corrected chi connectivity index (χ2v) is 6.08. The lowest BCUT2D eigenvalue weighted by molar-refractivity contribution is -0.121. The molecule has 0 fully saturated rings. The molecule has 0 spiro atoms. The molecule has 0 aliphatic carbocycles. The molecule has 4 aromatic rings. The Morgan fingerprint density at radius 1 is 1.07 bits per heavy atom. The Balaban J connectivity index is 1.59. The normalized spacial score (nSPS) is 11.1. The summed E-state index contributed by atoms with van der Waals surface area (Å²) in [6.45, 7) is 0.0323. The predicted molar refractivity (Wildman–Crippen MR) is 107 cm³/mol. The Hall–Kier alpha value is -4.00. The molecule has 2 N–H and O–H groups in total. The van der Waals surface area contributed by atoms with Gasteiger partial charge in [0, 0.05) is 11.8 Å². The Morgan fingerprint density at radius 3 is 2.68 bits per heavy atom. The number of carbonyl (C=O) groups is 1. The maximum absolute atomic E-state index is 12.5. The average Bonchev–Trinajstić information content (AvgIpc) is 3.09. The van der Waals surface area contributed by atoms with Crippen LogP contribution in [0.25, 0.3) is 22.6 Å². The lowest BCUT2D eigenvalue weighted by atomic mass is 10.2. The molecule has 2 aromatic heterocycles. The number of hydrogen-bond donors (Lipinski definition) is 2. The molecule has 0 unspecified atom stereocenters. The smallest absolute Gasteiger partial charge is 0.260 e. The number of rotatable bonds is 5. The van der Waals surface area contributed by atoms with Crippen LogP contribution in [0.2, 0.25) is 0 Å². The number of nitrogens with one attached hydrogen (secondary N) is 1. The van der Waals surface area contributed by atoms with E-state index in [4.69, 9.17) is 0 Å². The van der Waals surface area contributed by atoms with Crippen LogP contribution in [0.5, 0.6) is 5.75 Å². The first-order chi connectivity index (χ1) is 13.7. The number of para-hydroxylation sites is 3. The van der Waals surface area contributed by atoms with Crippen LogP contribution in [0, 0.1) is 0 Å². The highest BCUT2D eigenvalue weighted by molar-refractivity contribution is 5.86. The van der Waals surface area contributed by atoms with Crippen molar-refractivity contribution in [2.45, 2.75) is 6.54 Å². The van der Waals surface area contributed by atoms with E-state index in [9.17, 15) is 9.90 Å². The minimum Gasteiger partial charge on any atom is -0.507 e. The number of aromatic nitrogens is 3. The van der Waals surface area contributed by atoms with E-state index in [1.165, 1.54) is 6.21 Å². The second kappa shape index (κ2) is 7.71. The summed E-state index contributed by atoms with van der Waals surface area (Å²) >= 11 is 0. The number of nitrogens with zero attached hydrogens (tertiary/aromatic N) is 4. The van der Waals surface area contributed by atoms with Crippen molar-refractivity contribution in [2.24, 2.45) is 5.10 Å². The van der Waals surface area contributed by atoms with E-state index in [-0.39, 0.29) is 18.2 Å². The van der Waals surface area contributed by atoms with E-state index < -0.39 is 0 Å². The number of amides is 1. The Bertz CT molecular complexity index is 1150. The monoisotopic (exact) mass is 371 g/mol. The topological polar surface area (TPSA) is 92.4 Å². The molecule has 138 valence electrons. The van der Waals surface area contributed by atoms with Crippen molar-refractivity contribution < 1.29 is 9.90 Å². The zero-order valence-electron chi connectivity index (χ0n) is 14.9. The number of benzene rings is 2. The number of fused-ring (bicyclic) bond motifs is 1. The number of hydrogen-bond acceptors (Lipinski definition) is 5. The standard InChI is InChI=1S/C21H17N5O2/c27-19-11-4-1-7-15(19)13-23-25-20(28)14-26-18-10-3-2-8-16(18)24-21(26)17-9-5-6-12-22-17/h1-13,27H,14H2,(H,25,28)/b23-13-. The van der Waals surface area contributed by atoms with Gasteiger partial charge in [0.2, 0.25) is 0 Å². The number of carbonyl (C=O) groups excluding carboxylic acids is 1. The van der Waals surface area contributed by atoms with Crippen molar-refractivity contribution in [1.82, 2.24) is 20.0 Å². The van der Waals surface area contributed by atoms with Gasteiger partial charge in [-0.05, 0) is 36.4 Å². The summed E-state index contributed by atoms with van der Waals surface area (Å²) in [5.74, 6) is 0.396. The number of phenols is 1. The van der Waals surface area contributed by atoms with Crippen molar-refractivity contribution in [1.29, 1.82) is 0 Å². The van der Waals surface area contributed by atoms with Gasteiger partial charge in [0.25, 0.3) is 5.91 Å². The molecule has 0 aliphatic rings. The molecule has 0 aliphatic heterocycles. The van der Waals surface area contributed by atoms with Crippen molar-refractivity contribution in [2.75, 3.05) is 0 Å². The largest absolute Gasteiger partial charge is 0.507 e. The Kier molecular flexibility index (Phi) is 4.79. The van der Waals surface area contributed by atoms with Gasteiger partial charge in [-0.2, -0.15) is 5.10 Å². The lowest BCUT2D eigenvalue weighted by Crippen LogP contribution is -2.23. The van der Waals surface area contributed by atoms with Gasteiger partial charge in [-0.3, -0.25) is 9.78 Å². The molecule has 2 heterocycles. The molecule has 0 bridgehead atoms. The van der Waals surface area contributed by atoms with Gasteiger partial charge in [-0.25, -0.2) is 10.4 Å². The Morgan fingerprint density at radius 2 is 1.86 bits per heavy atom. The summed E-state index contributed by atoms with van der Waals surface area (Å²) < 4.78 is 1.81. The fourth-order valence-electron chi connectivity index (χ4n) is 2.88. The van der Waals surface area contributed by atoms with E-state index in [0.29, 0.717) is 17.1 Å². The molecule has 28 heavy (non-hydrogen) atoms. The van der Waals surface area contributed by atoms with E-state index in [1.54, 1.807) is 30.5 Å². The van der Waals surface area contributed by atoms with Crippen LogP contribution >= 0.6 is 0 Å². The fourth-order valence-corrected chi connectivity index (χ4v) is 2.88. The fraction of sp³-hybridized carbons (Fsp3) is 0.0476. The molecular formula is C21H17N5O2. The highest BCUT2D eigenvalue weighted by Gasteiger charge is 2.15. The van der Waals surface area contributed by atoms with E-state index in [0.717, 1.165) is 11.0 Å². The first kappa shape index (κ1) is 17.4. The van der Waals surface area contributed by atoms with Crippen molar-refractivity contribution in [3.8, 4) is 17.3 Å². The van der Waals surface area contributed by atoms with E-state index in [1.807, 2.05) is 47.0 Å². The van der Waals surface area contributed by atoms with Crippen LogP contribution < -0.4 is 5.43 Å². The van der Waals surface area contributed by atoms with Crippen molar-refractivity contribution in [3.63, 3.8) is 0 Å². The number of pyridine rings is 1. The second-order valence-electron chi connectivity index (χ2n) is 6.08. The zero-order chi connectivity index (χ0) is 19.3. The van der Waals surface area contributed by atoms with Gasteiger partial charge in [0.05, 0.1) is 17.2 Å². The molecule has 0 radical (unpaired) electrons. The van der Waals surface area contributed by atoms with Crippen LogP contribution in [0.4, 0.5) is 0 Å². The highest BCUT2D eigenvalue weighted by atomic mass is 16.3. The van der Waals surface area contributed by atoms with Gasteiger partial charge in [-0.15, -0.1) is 0 Å². The Labute approximate surface area is 161 Å². The quantitative estimate of drug-likeness (QED) is 0.417. The van der Waals surface area contributed by atoms with Gasteiger partial charge in [0.1, 0.15) is 18.0 Å². The molecule has 7 nitrogen and oxygen atoms in total. The SMILES string of the molecule is O=C(Cn1c(-c2ccccn2)nc2ccccc21)N/N=C\c1ccccc1O. The van der Waals surface area contributed by atoms with Gasteiger partial charge in [0.15, 0.2) is 5.82 Å². The maximum atomic E-state index is 12.5. The van der Waals surface area contributed by atoms with E-state index in [2.05, 4.69) is 20.5 Å². The molecule has 0 atom stereocenters. The molecule has 1 amide bonds. The summed E-state index contributed by atoms with van der Waals surface area (Å²) in [5.41, 5.74) is 5.32. The molecule has 7 heteroatoms. The first-order valence-electron chi connectivity index (χ1n) is 8.69. The zero-order valence-corrected chi connectivity index (χ0v) is 14.9. The average molecular weight is 371 g/mol. The van der Waals surface area contributed by atoms with Crippen LogP contribution in [0.15, 0.2) is 78.0 Å². The van der Waals surface area contributed by atoms with Crippen LogP contribution in [-0.2, 0) is 11.3 Å². The number of aromatic hydroxyl groups is 1. The predicted octanol–water partition coefficient (Wildman–Crippen LogP) is 2.95. The molecule has 2 aromatic carbocycles. The minimum absolute atomic E-state index is 0.0323. The van der Waals surface area contributed by atoms with Gasteiger partial charge >= 0.3 is 0 Å². The van der Waals surface area contributed by atoms with Crippen LogP contribution in [0.3, 0.4) is 0 Å². The molecule has 4 rings (SSSR count). The summed E-state index contributed by atoms with van der Waals surface area (Å²) in [6, 6.07) is 19.9. The number of imidazole rings is 1. The summed E-state index contributed by atoms with van der Waals surface area (Å²) in [5, 5.41) is 13.7. The van der Waals surface area contributed by atoms with Gasteiger partial charge in [-0.1, -0.05) is 30.3 Å². The highest BCUT2D eigenvalue weighted by Crippen LogP contribution is 2.23. The summed E-state index contributed by atoms with van der Waals surface area (Å²) in [7, 11) is 0.